The van der Waals surface area contributed by atoms with E-state index in [2.05, 4.69) is 0 Å². The number of piperazine rings is 1. The van der Waals surface area contributed by atoms with Gasteiger partial charge in [0.05, 0.1) is 5.41 Å². The molecule has 2 aliphatic heterocycles. The van der Waals surface area contributed by atoms with Crippen LogP contribution in [0.25, 0.3) is 0 Å². The monoisotopic (exact) mass is 365 g/mol. The third-order valence-electron chi connectivity index (χ3n) is 5.69. The second kappa shape index (κ2) is 7.05. The van der Waals surface area contributed by atoms with Gasteiger partial charge < -0.3 is 14.9 Å². The summed E-state index contributed by atoms with van der Waals surface area (Å²) >= 11 is 0. The molecule has 0 aromatic rings. The third-order valence-corrected chi connectivity index (χ3v) is 5.69. The highest BCUT2D eigenvalue weighted by Crippen LogP contribution is 2.44. The zero-order valence-electron chi connectivity index (χ0n) is 14.6. The van der Waals surface area contributed by atoms with Gasteiger partial charge in [-0.15, -0.1) is 0 Å². The lowest BCUT2D eigenvalue weighted by molar-refractivity contribution is -0.160. The number of amides is 4. The molecule has 4 amide bonds. The maximum Gasteiger partial charge on any atom is 0.310 e. The van der Waals surface area contributed by atoms with E-state index in [1.54, 1.807) is 9.80 Å². The molecule has 2 heterocycles. The summed E-state index contributed by atoms with van der Waals surface area (Å²) in [5, 5.41) is 9.34. The fourth-order valence-corrected chi connectivity index (χ4v) is 3.71. The van der Waals surface area contributed by atoms with E-state index in [9.17, 15) is 29.1 Å². The Hall–Kier alpha value is -2.45. The maximum atomic E-state index is 12.4. The van der Waals surface area contributed by atoms with E-state index in [0.29, 0.717) is 39.0 Å². The Bertz CT molecular complexity index is 633. The predicted molar refractivity (Wildman–Crippen MR) is 87.7 cm³/mol. The van der Waals surface area contributed by atoms with Gasteiger partial charge in [-0.3, -0.25) is 28.9 Å². The molecule has 0 radical (unpaired) electrons. The average Bonchev–Trinajstić information content (AvgIpc) is 2.89. The minimum Gasteiger partial charge on any atom is -0.481 e. The Balaban J connectivity index is 1.48. The van der Waals surface area contributed by atoms with Crippen molar-refractivity contribution < 1.29 is 29.1 Å². The predicted octanol–water partition coefficient (Wildman–Crippen LogP) is -0.549. The van der Waals surface area contributed by atoms with Gasteiger partial charge in [-0.05, 0) is 12.8 Å². The van der Waals surface area contributed by atoms with E-state index in [0.717, 1.165) is 11.3 Å². The molecule has 9 nitrogen and oxygen atoms in total. The smallest absolute Gasteiger partial charge is 0.310 e. The molecule has 0 aromatic carbocycles. The Morgan fingerprint density at radius 1 is 0.885 bits per heavy atom. The summed E-state index contributed by atoms with van der Waals surface area (Å²) < 4.78 is 0. The number of carboxylic acids is 1. The number of carbonyl (C=O) groups is 5. The fraction of sp³-hybridized carbons (Fsp3) is 0.706. The summed E-state index contributed by atoms with van der Waals surface area (Å²) in [6.45, 7) is 1.07. The van der Waals surface area contributed by atoms with Crippen LogP contribution in [0.1, 0.15) is 38.5 Å². The molecule has 26 heavy (non-hydrogen) atoms. The molecule has 1 N–H and O–H groups in total. The molecule has 0 bridgehead atoms. The molecule has 0 spiro atoms. The van der Waals surface area contributed by atoms with Gasteiger partial charge in [0.2, 0.25) is 23.6 Å². The van der Waals surface area contributed by atoms with Crippen LogP contribution in [-0.2, 0) is 24.0 Å². The molecule has 0 unspecified atom stereocenters. The van der Waals surface area contributed by atoms with Crippen LogP contribution in [0, 0.1) is 5.41 Å². The summed E-state index contributed by atoms with van der Waals surface area (Å²) in [5.74, 6) is -2.05. The van der Waals surface area contributed by atoms with Crippen molar-refractivity contribution >= 4 is 29.6 Å². The first-order valence-electron chi connectivity index (χ1n) is 8.94. The highest BCUT2D eigenvalue weighted by Gasteiger charge is 2.46. The van der Waals surface area contributed by atoms with Crippen LogP contribution in [0.15, 0.2) is 0 Å². The zero-order chi connectivity index (χ0) is 18.9. The topological polar surface area (TPSA) is 115 Å². The SMILES string of the molecule is O=C(CN1C(=O)CCC1=O)N1CCN(C(=O)CC2(C(=O)O)CCC2)CC1. The number of rotatable bonds is 5. The lowest BCUT2D eigenvalue weighted by atomic mass is 9.66. The van der Waals surface area contributed by atoms with Gasteiger partial charge in [0.1, 0.15) is 6.54 Å². The van der Waals surface area contributed by atoms with Crippen LogP contribution in [0.4, 0.5) is 0 Å². The van der Waals surface area contributed by atoms with Crippen molar-refractivity contribution in [3.63, 3.8) is 0 Å². The van der Waals surface area contributed by atoms with Gasteiger partial charge in [0.25, 0.3) is 0 Å². The van der Waals surface area contributed by atoms with E-state index in [1.807, 2.05) is 0 Å². The van der Waals surface area contributed by atoms with Crippen molar-refractivity contribution in [1.29, 1.82) is 0 Å². The fourth-order valence-electron chi connectivity index (χ4n) is 3.71. The second-order valence-electron chi connectivity index (χ2n) is 7.25. The Morgan fingerprint density at radius 3 is 1.81 bits per heavy atom. The van der Waals surface area contributed by atoms with Crippen LogP contribution < -0.4 is 0 Å². The van der Waals surface area contributed by atoms with E-state index in [-0.39, 0.29) is 49.4 Å². The Labute approximate surface area is 150 Å². The largest absolute Gasteiger partial charge is 0.481 e. The minimum atomic E-state index is -0.916. The number of hydrogen-bond donors (Lipinski definition) is 1. The number of nitrogens with zero attached hydrogens (tertiary/aromatic N) is 3. The number of carbonyl (C=O) groups excluding carboxylic acids is 4. The molecular formula is C17H23N3O6. The van der Waals surface area contributed by atoms with E-state index in [1.165, 1.54) is 0 Å². The summed E-state index contributed by atoms with van der Waals surface area (Å²) in [6.07, 6.45) is 2.21. The molecule has 1 aliphatic carbocycles. The van der Waals surface area contributed by atoms with Gasteiger partial charge in [-0.25, -0.2) is 0 Å². The summed E-state index contributed by atoms with van der Waals surface area (Å²) in [6, 6.07) is 0. The lowest BCUT2D eigenvalue weighted by Gasteiger charge is -2.40. The van der Waals surface area contributed by atoms with Crippen LogP contribution in [0.2, 0.25) is 0 Å². The summed E-state index contributed by atoms with van der Waals surface area (Å²) in [5.41, 5.74) is -0.916. The Kier molecular flexibility index (Phi) is 4.97. The van der Waals surface area contributed by atoms with Crippen molar-refractivity contribution in [3.05, 3.63) is 0 Å². The molecule has 142 valence electrons. The maximum absolute atomic E-state index is 12.4. The molecule has 1 saturated carbocycles. The van der Waals surface area contributed by atoms with Gasteiger partial charge in [0.15, 0.2) is 0 Å². The van der Waals surface area contributed by atoms with Crippen molar-refractivity contribution in [3.8, 4) is 0 Å². The van der Waals surface area contributed by atoms with E-state index >= 15 is 0 Å². The molecule has 9 heteroatoms. The van der Waals surface area contributed by atoms with Gasteiger partial charge in [-0.1, -0.05) is 6.42 Å². The number of aliphatic carboxylic acids is 1. The van der Waals surface area contributed by atoms with Crippen LogP contribution >= 0.6 is 0 Å². The van der Waals surface area contributed by atoms with Crippen LogP contribution in [-0.4, -0.2) is 82.1 Å². The number of imide groups is 1. The molecular weight excluding hydrogens is 342 g/mol. The molecule has 0 aromatic heterocycles. The van der Waals surface area contributed by atoms with E-state index in [4.69, 9.17) is 0 Å². The number of hydrogen-bond acceptors (Lipinski definition) is 5. The number of likely N-dealkylation sites (tertiary alicyclic amines) is 1. The van der Waals surface area contributed by atoms with Crippen LogP contribution in [0.3, 0.4) is 0 Å². The lowest BCUT2D eigenvalue weighted by Crippen LogP contribution is -2.54. The standard InChI is InChI=1S/C17H23N3O6/c21-12-2-3-13(22)20(12)11-15(24)19-8-6-18(7-9-19)14(23)10-17(16(25)26)4-1-5-17/h1-11H2,(H,25,26). The van der Waals surface area contributed by atoms with Crippen LogP contribution in [0.5, 0.6) is 0 Å². The Morgan fingerprint density at radius 2 is 1.38 bits per heavy atom. The van der Waals surface area contributed by atoms with Gasteiger partial charge in [0, 0.05) is 45.4 Å². The first kappa shape index (κ1) is 18.3. The quantitative estimate of drug-likeness (QED) is 0.654. The highest BCUT2D eigenvalue weighted by atomic mass is 16.4. The molecule has 3 fully saturated rings. The van der Waals surface area contributed by atoms with E-state index < -0.39 is 11.4 Å². The van der Waals surface area contributed by atoms with Gasteiger partial charge in [-0.2, -0.15) is 0 Å². The first-order chi connectivity index (χ1) is 12.3. The normalized spacial score (nSPS) is 22.4. The van der Waals surface area contributed by atoms with Gasteiger partial charge >= 0.3 is 5.97 Å². The van der Waals surface area contributed by atoms with Crippen molar-refractivity contribution in [2.45, 2.75) is 38.5 Å². The first-order valence-corrected chi connectivity index (χ1v) is 8.94. The molecule has 2 saturated heterocycles. The number of carboxylic acid groups (broad SMARTS) is 1. The molecule has 3 rings (SSSR count). The third kappa shape index (κ3) is 3.42. The summed E-state index contributed by atoms with van der Waals surface area (Å²) in [7, 11) is 0. The minimum absolute atomic E-state index is 0.00701. The second-order valence-corrected chi connectivity index (χ2v) is 7.25. The highest BCUT2D eigenvalue weighted by molar-refractivity contribution is 6.04. The average molecular weight is 365 g/mol. The molecule has 0 atom stereocenters. The zero-order valence-corrected chi connectivity index (χ0v) is 14.6. The van der Waals surface area contributed by atoms with Crippen molar-refractivity contribution in [2.24, 2.45) is 5.41 Å². The summed E-state index contributed by atoms with van der Waals surface area (Å²) in [4.78, 5) is 63.4. The van der Waals surface area contributed by atoms with Crippen molar-refractivity contribution in [2.75, 3.05) is 32.7 Å². The molecule has 3 aliphatic rings. The van der Waals surface area contributed by atoms with Crippen molar-refractivity contribution in [1.82, 2.24) is 14.7 Å².